The highest BCUT2D eigenvalue weighted by Crippen LogP contribution is 2.27. The largest absolute Gasteiger partial charge is 0.478 e. The van der Waals surface area contributed by atoms with E-state index in [-0.39, 0.29) is 6.61 Å². The number of carboxylic acids is 1. The van der Waals surface area contributed by atoms with Gasteiger partial charge in [-0.3, -0.25) is 0 Å². The van der Waals surface area contributed by atoms with Gasteiger partial charge in [0.25, 0.3) is 0 Å². The van der Waals surface area contributed by atoms with E-state index in [0.717, 1.165) is 16.7 Å². The molecule has 0 spiro atoms. The van der Waals surface area contributed by atoms with Gasteiger partial charge in [0.2, 0.25) is 0 Å². The number of carboxylic acid groups (broad SMARTS) is 1. The molecule has 0 atom stereocenters. The highest BCUT2D eigenvalue weighted by atomic mass is 16.4. The third-order valence-electron chi connectivity index (χ3n) is 2.91. The van der Waals surface area contributed by atoms with Gasteiger partial charge in [-0.1, -0.05) is 36.4 Å². The van der Waals surface area contributed by atoms with Crippen LogP contribution in [0.1, 0.15) is 21.5 Å². The van der Waals surface area contributed by atoms with E-state index in [4.69, 9.17) is 5.11 Å². The molecule has 92 valence electrons. The fourth-order valence-electron chi connectivity index (χ4n) is 2.03. The van der Waals surface area contributed by atoms with E-state index in [1.54, 1.807) is 31.2 Å². The number of hydrogen-bond acceptors (Lipinski definition) is 2. The molecule has 0 unspecified atom stereocenters. The lowest BCUT2D eigenvalue weighted by atomic mass is 9.95. The van der Waals surface area contributed by atoms with Gasteiger partial charge < -0.3 is 10.2 Å². The minimum absolute atomic E-state index is 0.0535. The van der Waals surface area contributed by atoms with Crippen molar-refractivity contribution in [3.05, 3.63) is 59.2 Å². The van der Waals surface area contributed by atoms with Crippen molar-refractivity contribution in [1.29, 1.82) is 0 Å². The summed E-state index contributed by atoms with van der Waals surface area (Å²) in [6, 6.07) is 12.7. The molecule has 0 aliphatic rings. The molecule has 0 bridgehead atoms. The zero-order chi connectivity index (χ0) is 13.1. The van der Waals surface area contributed by atoms with Gasteiger partial charge in [0.1, 0.15) is 0 Å². The molecule has 0 aromatic heterocycles. The van der Waals surface area contributed by atoms with Crippen molar-refractivity contribution in [3.63, 3.8) is 0 Å². The number of aliphatic hydroxyl groups excluding tert-OH is 1. The Morgan fingerprint density at radius 1 is 1.17 bits per heavy atom. The average molecular weight is 242 g/mol. The molecular formula is C15H14O3. The van der Waals surface area contributed by atoms with Gasteiger partial charge in [-0.25, -0.2) is 4.79 Å². The maximum absolute atomic E-state index is 11.3. The Morgan fingerprint density at radius 3 is 2.56 bits per heavy atom. The first-order valence-corrected chi connectivity index (χ1v) is 5.66. The Balaban J connectivity index is 2.63. The molecule has 2 rings (SSSR count). The molecule has 0 saturated carbocycles. The van der Waals surface area contributed by atoms with Crippen molar-refractivity contribution in [1.82, 2.24) is 0 Å². The van der Waals surface area contributed by atoms with E-state index < -0.39 is 5.97 Å². The second-order valence-electron chi connectivity index (χ2n) is 4.16. The van der Waals surface area contributed by atoms with Gasteiger partial charge in [-0.05, 0) is 35.2 Å². The minimum atomic E-state index is -0.933. The first-order chi connectivity index (χ1) is 8.63. The SMILES string of the molecule is Cc1cccc(-c2cccc(CO)c2)c1C(=O)O. The molecule has 0 aliphatic heterocycles. The van der Waals surface area contributed by atoms with Crippen LogP contribution in [-0.4, -0.2) is 16.2 Å². The lowest BCUT2D eigenvalue weighted by Crippen LogP contribution is -2.02. The molecule has 2 aromatic carbocycles. The molecule has 0 aliphatic carbocycles. The van der Waals surface area contributed by atoms with E-state index in [1.165, 1.54) is 0 Å². The predicted molar refractivity (Wildman–Crippen MR) is 69.5 cm³/mol. The maximum Gasteiger partial charge on any atom is 0.336 e. The topological polar surface area (TPSA) is 57.5 Å². The predicted octanol–water partition coefficient (Wildman–Crippen LogP) is 2.85. The summed E-state index contributed by atoms with van der Waals surface area (Å²) >= 11 is 0. The monoisotopic (exact) mass is 242 g/mol. The summed E-state index contributed by atoms with van der Waals surface area (Å²) in [7, 11) is 0. The maximum atomic E-state index is 11.3. The summed E-state index contributed by atoms with van der Waals surface area (Å²) in [5, 5.41) is 18.4. The van der Waals surface area contributed by atoms with Crippen molar-refractivity contribution in [2.75, 3.05) is 0 Å². The molecule has 0 heterocycles. The smallest absolute Gasteiger partial charge is 0.336 e. The molecule has 2 N–H and O–H groups in total. The number of carbonyl (C=O) groups is 1. The van der Waals surface area contributed by atoms with Crippen molar-refractivity contribution in [2.45, 2.75) is 13.5 Å². The van der Waals surface area contributed by atoms with Gasteiger partial charge in [0, 0.05) is 0 Å². The Morgan fingerprint density at radius 2 is 1.89 bits per heavy atom. The van der Waals surface area contributed by atoms with Crippen LogP contribution >= 0.6 is 0 Å². The summed E-state index contributed by atoms with van der Waals surface area (Å²) in [4.78, 5) is 11.3. The van der Waals surface area contributed by atoms with Gasteiger partial charge in [-0.15, -0.1) is 0 Å². The summed E-state index contributed by atoms with van der Waals surface area (Å²) < 4.78 is 0. The van der Waals surface area contributed by atoms with Crippen LogP contribution in [-0.2, 0) is 6.61 Å². The van der Waals surface area contributed by atoms with E-state index in [9.17, 15) is 9.90 Å². The van der Waals surface area contributed by atoms with Crippen LogP contribution < -0.4 is 0 Å². The summed E-state index contributed by atoms with van der Waals surface area (Å²) in [5.41, 5.74) is 3.30. The van der Waals surface area contributed by atoms with Crippen LogP contribution in [0.2, 0.25) is 0 Å². The Labute approximate surface area is 105 Å². The molecule has 3 nitrogen and oxygen atoms in total. The van der Waals surface area contributed by atoms with Crippen LogP contribution in [0.25, 0.3) is 11.1 Å². The molecule has 0 radical (unpaired) electrons. The number of benzene rings is 2. The van der Waals surface area contributed by atoms with E-state index in [2.05, 4.69) is 0 Å². The quantitative estimate of drug-likeness (QED) is 0.870. The number of hydrogen-bond donors (Lipinski definition) is 2. The molecule has 3 heteroatoms. The molecule has 0 fully saturated rings. The van der Waals surface area contributed by atoms with Crippen LogP contribution in [0.5, 0.6) is 0 Å². The fraction of sp³-hybridized carbons (Fsp3) is 0.133. The third-order valence-corrected chi connectivity index (χ3v) is 2.91. The zero-order valence-corrected chi connectivity index (χ0v) is 10.1. The number of rotatable bonds is 3. The fourth-order valence-corrected chi connectivity index (χ4v) is 2.03. The van der Waals surface area contributed by atoms with Gasteiger partial charge >= 0.3 is 5.97 Å². The third kappa shape index (κ3) is 2.26. The number of aryl methyl sites for hydroxylation is 1. The Kier molecular flexibility index (Phi) is 3.44. The normalized spacial score (nSPS) is 10.3. The van der Waals surface area contributed by atoms with Crippen LogP contribution in [0.15, 0.2) is 42.5 Å². The average Bonchev–Trinajstić information content (AvgIpc) is 2.38. The second kappa shape index (κ2) is 5.02. The van der Waals surface area contributed by atoms with Crippen LogP contribution in [0.4, 0.5) is 0 Å². The van der Waals surface area contributed by atoms with Crippen molar-refractivity contribution in [2.24, 2.45) is 0 Å². The molecule has 0 saturated heterocycles. The lowest BCUT2D eigenvalue weighted by molar-refractivity contribution is 0.0697. The second-order valence-corrected chi connectivity index (χ2v) is 4.16. The Bertz CT molecular complexity index is 588. The van der Waals surface area contributed by atoms with Gasteiger partial charge in [0.15, 0.2) is 0 Å². The van der Waals surface area contributed by atoms with Crippen LogP contribution in [0.3, 0.4) is 0 Å². The summed E-state index contributed by atoms with van der Waals surface area (Å²) in [5.74, 6) is -0.933. The summed E-state index contributed by atoms with van der Waals surface area (Å²) in [6.45, 7) is 1.73. The number of aromatic carboxylic acids is 1. The highest BCUT2D eigenvalue weighted by Gasteiger charge is 2.14. The lowest BCUT2D eigenvalue weighted by Gasteiger charge is -2.10. The van der Waals surface area contributed by atoms with Crippen molar-refractivity contribution < 1.29 is 15.0 Å². The molecule has 18 heavy (non-hydrogen) atoms. The van der Waals surface area contributed by atoms with Gasteiger partial charge in [0.05, 0.1) is 12.2 Å². The van der Waals surface area contributed by atoms with E-state index >= 15 is 0 Å². The Hall–Kier alpha value is -2.13. The highest BCUT2D eigenvalue weighted by molar-refractivity contribution is 5.97. The molecule has 0 amide bonds. The van der Waals surface area contributed by atoms with Crippen molar-refractivity contribution in [3.8, 4) is 11.1 Å². The van der Waals surface area contributed by atoms with Gasteiger partial charge in [-0.2, -0.15) is 0 Å². The molecular weight excluding hydrogens is 228 g/mol. The summed E-state index contributed by atoms with van der Waals surface area (Å²) in [6.07, 6.45) is 0. The number of aliphatic hydroxyl groups is 1. The first-order valence-electron chi connectivity index (χ1n) is 5.66. The minimum Gasteiger partial charge on any atom is -0.478 e. The van der Waals surface area contributed by atoms with Crippen molar-refractivity contribution >= 4 is 5.97 Å². The van der Waals surface area contributed by atoms with E-state index in [1.807, 2.05) is 18.2 Å². The standard InChI is InChI=1S/C15H14O3/c1-10-4-2-7-13(14(10)15(17)18)12-6-3-5-11(8-12)9-16/h2-8,16H,9H2,1H3,(H,17,18). The zero-order valence-electron chi connectivity index (χ0n) is 10.1. The first kappa shape index (κ1) is 12.3. The van der Waals surface area contributed by atoms with E-state index in [0.29, 0.717) is 11.1 Å². The molecule has 2 aromatic rings. The van der Waals surface area contributed by atoms with Crippen LogP contribution in [0, 0.1) is 6.92 Å².